The fourth-order valence-corrected chi connectivity index (χ4v) is 3.41. The van der Waals surface area contributed by atoms with Crippen molar-refractivity contribution in [3.05, 3.63) is 81.8 Å². The number of hydrogen-bond donors (Lipinski definition) is 0. The fraction of sp³-hybridized carbons (Fsp3) is 0.238. The molecule has 0 amide bonds. The van der Waals surface area contributed by atoms with Crippen molar-refractivity contribution < 1.29 is 0 Å². The topological polar surface area (TPSA) is 39.3 Å². The molecule has 2 heterocycles. The van der Waals surface area contributed by atoms with E-state index in [-0.39, 0.29) is 5.56 Å². The molecule has 0 spiro atoms. The highest BCUT2D eigenvalue weighted by atomic mass is 16.1. The van der Waals surface area contributed by atoms with E-state index < -0.39 is 0 Å². The Morgan fingerprint density at radius 3 is 2.48 bits per heavy atom. The Kier molecular flexibility index (Phi) is 3.88. The first kappa shape index (κ1) is 15.6. The van der Waals surface area contributed by atoms with Crippen LogP contribution in [0.4, 0.5) is 0 Å². The Hall–Kier alpha value is -2.88. The van der Waals surface area contributed by atoms with Crippen LogP contribution in [0.1, 0.15) is 30.2 Å². The second kappa shape index (κ2) is 6.20. The molecule has 4 rings (SSSR count). The van der Waals surface area contributed by atoms with Gasteiger partial charge in [0.2, 0.25) is 5.78 Å². The van der Waals surface area contributed by atoms with Gasteiger partial charge in [-0.05, 0) is 36.6 Å². The van der Waals surface area contributed by atoms with E-state index in [0.717, 1.165) is 35.3 Å². The minimum atomic E-state index is -0.00631. The predicted molar refractivity (Wildman–Crippen MR) is 101 cm³/mol. The first-order valence-electron chi connectivity index (χ1n) is 8.73. The van der Waals surface area contributed by atoms with Gasteiger partial charge in [0.25, 0.3) is 5.56 Å². The molecule has 126 valence electrons. The van der Waals surface area contributed by atoms with Gasteiger partial charge in [0.15, 0.2) is 0 Å². The number of para-hydroxylation sites is 2. The fourth-order valence-electron chi connectivity index (χ4n) is 3.41. The zero-order chi connectivity index (χ0) is 17.4. The van der Waals surface area contributed by atoms with E-state index in [2.05, 4.69) is 42.7 Å². The molecule has 4 heteroatoms. The van der Waals surface area contributed by atoms with Gasteiger partial charge in [-0.2, -0.15) is 0 Å². The Morgan fingerprint density at radius 1 is 1.00 bits per heavy atom. The standard InChI is InChI=1S/C21H21N3O/c1-3-8-17-13-20(25)24-19-12-7-6-11-18(19)23(21(24)22-17)14-16-10-5-4-9-15(16)2/h4-7,9-13H,3,8,14H2,1-2H3. The van der Waals surface area contributed by atoms with Crippen molar-refractivity contribution in [2.75, 3.05) is 0 Å². The second-order valence-corrected chi connectivity index (χ2v) is 6.47. The second-order valence-electron chi connectivity index (χ2n) is 6.47. The summed E-state index contributed by atoms with van der Waals surface area (Å²) in [5.74, 6) is 0.723. The summed E-state index contributed by atoms with van der Waals surface area (Å²) < 4.78 is 3.88. The third-order valence-corrected chi connectivity index (χ3v) is 4.70. The van der Waals surface area contributed by atoms with Crippen LogP contribution < -0.4 is 5.56 Å². The maximum absolute atomic E-state index is 12.7. The summed E-state index contributed by atoms with van der Waals surface area (Å²) in [6, 6.07) is 18.0. The Morgan fingerprint density at radius 2 is 1.72 bits per heavy atom. The Labute approximate surface area is 146 Å². The highest BCUT2D eigenvalue weighted by molar-refractivity contribution is 5.80. The van der Waals surface area contributed by atoms with Gasteiger partial charge in [-0.3, -0.25) is 4.79 Å². The molecule has 4 nitrogen and oxygen atoms in total. The number of fused-ring (bicyclic) bond motifs is 3. The van der Waals surface area contributed by atoms with Gasteiger partial charge in [0.05, 0.1) is 17.6 Å². The summed E-state index contributed by atoms with van der Waals surface area (Å²) in [4.78, 5) is 17.5. The number of aryl methyl sites for hydroxylation is 2. The van der Waals surface area contributed by atoms with Crippen LogP contribution in [0, 0.1) is 6.92 Å². The van der Waals surface area contributed by atoms with E-state index in [1.165, 1.54) is 11.1 Å². The monoisotopic (exact) mass is 331 g/mol. The van der Waals surface area contributed by atoms with Crippen LogP contribution in [-0.2, 0) is 13.0 Å². The Balaban J connectivity index is 2.03. The molecule has 0 unspecified atom stereocenters. The zero-order valence-corrected chi connectivity index (χ0v) is 14.6. The quantitative estimate of drug-likeness (QED) is 0.568. The molecule has 0 aliphatic rings. The lowest BCUT2D eigenvalue weighted by Gasteiger charge is -2.09. The van der Waals surface area contributed by atoms with Crippen LogP contribution >= 0.6 is 0 Å². The van der Waals surface area contributed by atoms with E-state index in [1.807, 2.05) is 24.3 Å². The molecule has 0 aliphatic heterocycles. The van der Waals surface area contributed by atoms with Crippen LogP contribution in [0.25, 0.3) is 16.8 Å². The van der Waals surface area contributed by atoms with Gasteiger partial charge in [-0.15, -0.1) is 0 Å². The van der Waals surface area contributed by atoms with Crippen molar-refractivity contribution >= 4 is 16.8 Å². The smallest absolute Gasteiger partial charge is 0.259 e. The van der Waals surface area contributed by atoms with Crippen molar-refractivity contribution in [2.45, 2.75) is 33.2 Å². The largest absolute Gasteiger partial charge is 0.305 e. The summed E-state index contributed by atoms with van der Waals surface area (Å²) in [7, 11) is 0. The SMILES string of the molecule is CCCc1cc(=O)n2c3ccccc3n(Cc3ccccc3C)c2n1. The molecule has 0 saturated carbocycles. The molecule has 0 aliphatic carbocycles. The van der Waals surface area contributed by atoms with Gasteiger partial charge in [0, 0.05) is 11.8 Å². The first-order chi connectivity index (χ1) is 12.2. The number of aromatic nitrogens is 3. The molecule has 25 heavy (non-hydrogen) atoms. The highest BCUT2D eigenvalue weighted by Gasteiger charge is 2.15. The molecule has 4 aromatic rings. The van der Waals surface area contributed by atoms with Crippen molar-refractivity contribution in [1.82, 2.24) is 14.0 Å². The van der Waals surface area contributed by atoms with Crippen LogP contribution in [0.5, 0.6) is 0 Å². The van der Waals surface area contributed by atoms with E-state index in [4.69, 9.17) is 4.98 Å². The lowest BCUT2D eigenvalue weighted by atomic mass is 10.1. The number of hydrogen-bond acceptors (Lipinski definition) is 2. The molecule has 0 bridgehead atoms. The van der Waals surface area contributed by atoms with Crippen molar-refractivity contribution in [3.63, 3.8) is 0 Å². The van der Waals surface area contributed by atoms with Crippen molar-refractivity contribution in [1.29, 1.82) is 0 Å². The van der Waals surface area contributed by atoms with Gasteiger partial charge in [-0.1, -0.05) is 49.7 Å². The van der Waals surface area contributed by atoms with E-state index in [1.54, 1.807) is 10.5 Å². The summed E-state index contributed by atoms with van der Waals surface area (Å²) in [5.41, 5.74) is 5.27. The van der Waals surface area contributed by atoms with Crippen LogP contribution in [-0.4, -0.2) is 14.0 Å². The molecular formula is C21H21N3O. The molecule has 0 N–H and O–H groups in total. The molecule has 2 aromatic carbocycles. The maximum atomic E-state index is 12.7. The van der Waals surface area contributed by atoms with Gasteiger partial charge in [0.1, 0.15) is 0 Å². The number of imidazole rings is 1. The third kappa shape index (κ3) is 2.64. The average Bonchev–Trinajstić information content (AvgIpc) is 2.92. The van der Waals surface area contributed by atoms with E-state index in [9.17, 15) is 4.79 Å². The minimum absolute atomic E-state index is 0.00631. The van der Waals surface area contributed by atoms with Crippen molar-refractivity contribution in [3.8, 4) is 0 Å². The first-order valence-corrected chi connectivity index (χ1v) is 8.73. The highest BCUT2D eigenvalue weighted by Crippen LogP contribution is 2.21. The molecule has 0 fully saturated rings. The third-order valence-electron chi connectivity index (χ3n) is 4.70. The summed E-state index contributed by atoms with van der Waals surface area (Å²) in [6.45, 7) is 4.92. The van der Waals surface area contributed by atoms with Gasteiger partial charge < -0.3 is 4.57 Å². The van der Waals surface area contributed by atoms with Gasteiger partial charge >= 0.3 is 0 Å². The van der Waals surface area contributed by atoms with E-state index >= 15 is 0 Å². The molecule has 2 aromatic heterocycles. The molecule has 0 saturated heterocycles. The van der Waals surface area contributed by atoms with E-state index in [0.29, 0.717) is 6.54 Å². The summed E-state index contributed by atoms with van der Waals surface area (Å²) in [5, 5.41) is 0. The Bertz CT molecular complexity index is 1120. The number of benzene rings is 2. The minimum Gasteiger partial charge on any atom is -0.305 e. The molecular weight excluding hydrogens is 310 g/mol. The lowest BCUT2D eigenvalue weighted by molar-refractivity contribution is 0.805. The number of rotatable bonds is 4. The normalized spacial score (nSPS) is 11.4. The average molecular weight is 331 g/mol. The summed E-state index contributed by atoms with van der Waals surface area (Å²) in [6.07, 6.45) is 1.79. The van der Waals surface area contributed by atoms with Crippen molar-refractivity contribution in [2.24, 2.45) is 0 Å². The van der Waals surface area contributed by atoms with Crippen LogP contribution in [0.3, 0.4) is 0 Å². The predicted octanol–water partition coefficient (Wildman–Crippen LogP) is 3.96. The zero-order valence-electron chi connectivity index (χ0n) is 14.6. The maximum Gasteiger partial charge on any atom is 0.259 e. The van der Waals surface area contributed by atoms with Crippen LogP contribution in [0.15, 0.2) is 59.4 Å². The van der Waals surface area contributed by atoms with Crippen LogP contribution in [0.2, 0.25) is 0 Å². The summed E-state index contributed by atoms with van der Waals surface area (Å²) >= 11 is 0. The molecule has 0 atom stereocenters. The lowest BCUT2D eigenvalue weighted by Crippen LogP contribution is -2.16. The van der Waals surface area contributed by atoms with Gasteiger partial charge in [-0.25, -0.2) is 9.38 Å². The molecule has 0 radical (unpaired) electrons. The number of nitrogens with zero attached hydrogens (tertiary/aromatic N) is 3.